The lowest BCUT2D eigenvalue weighted by molar-refractivity contribution is -0.112. The summed E-state index contributed by atoms with van der Waals surface area (Å²) in [4.78, 5) is 14.6. The van der Waals surface area contributed by atoms with Crippen LogP contribution in [0.2, 0.25) is 0 Å². The van der Waals surface area contributed by atoms with Crippen molar-refractivity contribution in [2.45, 2.75) is 0 Å². The van der Waals surface area contributed by atoms with Gasteiger partial charge in [-0.05, 0) is 34.7 Å². The SMILES string of the molecule is O=C1C=c2c(I)cccc2=N1. The fourth-order valence-electron chi connectivity index (χ4n) is 1.04. The summed E-state index contributed by atoms with van der Waals surface area (Å²) in [5, 5.41) is 1.75. The molecule has 0 aliphatic carbocycles. The Balaban J connectivity index is 2.97. The van der Waals surface area contributed by atoms with E-state index in [9.17, 15) is 4.79 Å². The number of hydrogen-bond donors (Lipinski definition) is 0. The fraction of sp³-hybridized carbons (Fsp3) is 0. The zero-order chi connectivity index (χ0) is 7.84. The summed E-state index contributed by atoms with van der Waals surface area (Å²) < 4.78 is 1.08. The minimum atomic E-state index is -0.149. The highest BCUT2D eigenvalue weighted by Gasteiger charge is 2.03. The molecule has 1 aliphatic heterocycles. The van der Waals surface area contributed by atoms with E-state index in [0.717, 1.165) is 14.1 Å². The van der Waals surface area contributed by atoms with Crippen LogP contribution in [0.4, 0.5) is 0 Å². The average molecular weight is 257 g/mol. The Labute approximate surface area is 76.8 Å². The summed E-state index contributed by atoms with van der Waals surface area (Å²) in [6.07, 6.45) is 1.57. The third-order valence-corrected chi connectivity index (χ3v) is 2.47. The summed E-state index contributed by atoms with van der Waals surface area (Å²) in [6.45, 7) is 0. The van der Waals surface area contributed by atoms with Gasteiger partial charge in [0.15, 0.2) is 0 Å². The summed E-state index contributed by atoms with van der Waals surface area (Å²) in [5.41, 5.74) is 0. The number of carbonyl (C=O) groups excluding carboxylic acids is 1. The van der Waals surface area contributed by atoms with Crippen molar-refractivity contribution in [1.29, 1.82) is 0 Å². The summed E-state index contributed by atoms with van der Waals surface area (Å²) >= 11 is 2.19. The van der Waals surface area contributed by atoms with E-state index >= 15 is 0 Å². The van der Waals surface area contributed by atoms with Crippen LogP contribution in [0.3, 0.4) is 0 Å². The lowest BCUT2D eigenvalue weighted by atomic mass is 10.3. The van der Waals surface area contributed by atoms with Crippen LogP contribution < -0.4 is 10.6 Å². The van der Waals surface area contributed by atoms with Crippen LogP contribution in [-0.2, 0) is 4.79 Å². The van der Waals surface area contributed by atoms with E-state index in [2.05, 4.69) is 27.6 Å². The molecule has 1 heterocycles. The average Bonchev–Trinajstić information content (AvgIpc) is 2.31. The molecule has 0 aromatic heterocycles. The van der Waals surface area contributed by atoms with Gasteiger partial charge in [0, 0.05) is 14.9 Å². The first kappa shape index (κ1) is 6.97. The minimum Gasteiger partial charge on any atom is -0.267 e. The first-order valence-electron chi connectivity index (χ1n) is 3.16. The van der Waals surface area contributed by atoms with E-state index in [1.807, 2.05) is 18.2 Å². The van der Waals surface area contributed by atoms with Crippen molar-refractivity contribution in [3.63, 3.8) is 0 Å². The monoisotopic (exact) mass is 257 g/mol. The third kappa shape index (κ3) is 1.09. The van der Waals surface area contributed by atoms with Crippen LogP contribution in [0.15, 0.2) is 23.2 Å². The molecule has 0 unspecified atom stereocenters. The number of hydrogen-bond acceptors (Lipinski definition) is 1. The van der Waals surface area contributed by atoms with E-state index in [1.165, 1.54) is 0 Å². The predicted octanol–water partition coefficient (Wildman–Crippen LogP) is 0.231. The predicted molar refractivity (Wildman–Crippen MR) is 49.4 cm³/mol. The van der Waals surface area contributed by atoms with E-state index in [0.29, 0.717) is 0 Å². The number of benzene rings is 1. The van der Waals surface area contributed by atoms with Gasteiger partial charge >= 0.3 is 0 Å². The number of halogens is 1. The van der Waals surface area contributed by atoms with Crippen molar-refractivity contribution < 1.29 is 4.79 Å². The molecule has 0 bridgehead atoms. The molecule has 0 saturated carbocycles. The van der Waals surface area contributed by atoms with Crippen molar-refractivity contribution in [3.8, 4) is 0 Å². The Kier molecular flexibility index (Phi) is 1.52. The van der Waals surface area contributed by atoms with Crippen LogP contribution in [0.25, 0.3) is 6.08 Å². The molecule has 0 N–H and O–H groups in total. The van der Waals surface area contributed by atoms with Gasteiger partial charge in [-0.1, -0.05) is 6.07 Å². The molecule has 2 nitrogen and oxygen atoms in total. The van der Waals surface area contributed by atoms with Gasteiger partial charge in [-0.25, -0.2) is 4.99 Å². The Morgan fingerprint density at radius 3 is 2.91 bits per heavy atom. The van der Waals surface area contributed by atoms with Crippen LogP contribution in [-0.4, -0.2) is 5.91 Å². The first-order chi connectivity index (χ1) is 5.27. The zero-order valence-electron chi connectivity index (χ0n) is 5.54. The normalized spacial score (nSPS) is 13.7. The van der Waals surface area contributed by atoms with E-state index in [1.54, 1.807) is 6.08 Å². The Morgan fingerprint density at radius 2 is 2.18 bits per heavy atom. The maximum atomic E-state index is 10.8. The summed E-state index contributed by atoms with van der Waals surface area (Å²) in [7, 11) is 0. The quantitative estimate of drug-likeness (QED) is 0.612. The molecule has 0 spiro atoms. The second kappa shape index (κ2) is 2.41. The molecule has 0 saturated heterocycles. The minimum absolute atomic E-state index is 0.149. The van der Waals surface area contributed by atoms with Crippen LogP contribution in [0, 0.1) is 3.57 Å². The molecule has 11 heavy (non-hydrogen) atoms. The number of fused-ring (bicyclic) bond motifs is 1. The van der Waals surface area contributed by atoms with Crippen molar-refractivity contribution in [1.82, 2.24) is 0 Å². The summed E-state index contributed by atoms with van der Waals surface area (Å²) in [5.74, 6) is -0.149. The van der Waals surface area contributed by atoms with E-state index < -0.39 is 0 Å². The second-order valence-corrected chi connectivity index (χ2v) is 3.43. The van der Waals surface area contributed by atoms with E-state index in [4.69, 9.17) is 0 Å². The summed E-state index contributed by atoms with van der Waals surface area (Å²) in [6, 6.07) is 5.71. The molecule has 0 fully saturated rings. The molecule has 2 rings (SSSR count). The lowest BCUT2D eigenvalue weighted by Crippen LogP contribution is -2.23. The highest BCUT2D eigenvalue weighted by molar-refractivity contribution is 14.1. The molecular formula is C8H4INO. The van der Waals surface area contributed by atoms with Crippen molar-refractivity contribution in [2.24, 2.45) is 4.99 Å². The topological polar surface area (TPSA) is 29.4 Å². The number of amides is 1. The van der Waals surface area contributed by atoms with Gasteiger partial charge in [-0.3, -0.25) is 4.79 Å². The number of rotatable bonds is 0. The third-order valence-electron chi connectivity index (χ3n) is 1.53. The van der Waals surface area contributed by atoms with Crippen LogP contribution >= 0.6 is 22.6 Å². The standard InChI is InChI=1S/C8H4INO/c9-6-2-1-3-7-5(6)4-8(11)10-7/h1-4H. The Morgan fingerprint density at radius 1 is 1.36 bits per heavy atom. The number of carbonyl (C=O) groups is 1. The zero-order valence-corrected chi connectivity index (χ0v) is 7.70. The molecule has 0 radical (unpaired) electrons. The Hall–Kier alpha value is -0.710. The fourth-order valence-corrected chi connectivity index (χ4v) is 1.68. The molecule has 54 valence electrons. The highest BCUT2D eigenvalue weighted by Crippen LogP contribution is 1.95. The largest absolute Gasteiger partial charge is 0.270 e. The maximum absolute atomic E-state index is 10.8. The molecule has 0 atom stereocenters. The Bertz CT molecular complexity index is 436. The van der Waals surface area contributed by atoms with Gasteiger partial charge in [0.05, 0.1) is 5.36 Å². The lowest BCUT2D eigenvalue weighted by Gasteiger charge is -1.85. The maximum Gasteiger partial charge on any atom is 0.270 e. The first-order valence-corrected chi connectivity index (χ1v) is 4.24. The van der Waals surface area contributed by atoms with Gasteiger partial charge in [-0.15, -0.1) is 0 Å². The van der Waals surface area contributed by atoms with Crippen molar-refractivity contribution in [2.75, 3.05) is 0 Å². The van der Waals surface area contributed by atoms with Crippen LogP contribution in [0.1, 0.15) is 0 Å². The van der Waals surface area contributed by atoms with Gasteiger partial charge in [0.1, 0.15) is 0 Å². The molecule has 1 aliphatic rings. The van der Waals surface area contributed by atoms with Gasteiger partial charge in [0.25, 0.3) is 5.91 Å². The molecule has 1 aromatic rings. The molecule has 3 heteroatoms. The second-order valence-electron chi connectivity index (χ2n) is 2.27. The molecular weight excluding hydrogens is 253 g/mol. The highest BCUT2D eigenvalue weighted by atomic mass is 127. The van der Waals surface area contributed by atoms with Crippen molar-refractivity contribution >= 4 is 34.6 Å². The van der Waals surface area contributed by atoms with Crippen LogP contribution in [0.5, 0.6) is 0 Å². The van der Waals surface area contributed by atoms with E-state index in [-0.39, 0.29) is 5.91 Å². The molecule has 1 aromatic carbocycles. The van der Waals surface area contributed by atoms with Gasteiger partial charge < -0.3 is 0 Å². The number of nitrogens with zero attached hydrogens (tertiary/aromatic N) is 1. The van der Waals surface area contributed by atoms with Gasteiger partial charge in [-0.2, -0.15) is 0 Å². The molecule has 1 amide bonds. The van der Waals surface area contributed by atoms with Gasteiger partial charge in [0.2, 0.25) is 0 Å². The smallest absolute Gasteiger partial charge is 0.267 e. The van der Waals surface area contributed by atoms with Crippen molar-refractivity contribution in [3.05, 3.63) is 32.3 Å².